The number of aliphatic hydroxyl groups is 1. The maximum atomic E-state index is 10.9. The van der Waals surface area contributed by atoms with E-state index in [1.807, 2.05) is 84.3 Å². The Balaban J connectivity index is 1.77. The molecule has 2 aromatic carbocycles. The standard InChI is InChI=1S/C20H17N3OS/c24-20(19-11-6-14-25-19)18(13-12-15-7-2-1-3-8-15)23-17-10-5-4-9-16(17)21-22-23/h1-14,18,20,24H/b13-12+. The fourth-order valence-corrected chi connectivity index (χ4v) is 3.58. The second-order valence-corrected chi connectivity index (χ2v) is 6.72. The number of aliphatic hydroxyl groups excluding tert-OH is 1. The zero-order chi connectivity index (χ0) is 17.1. The smallest absolute Gasteiger partial charge is 0.114 e. The van der Waals surface area contributed by atoms with Gasteiger partial charge in [0.1, 0.15) is 17.7 Å². The lowest BCUT2D eigenvalue weighted by Crippen LogP contribution is -2.16. The highest BCUT2D eigenvalue weighted by Crippen LogP contribution is 2.32. The summed E-state index contributed by atoms with van der Waals surface area (Å²) < 4.78 is 1.79. The van der Waals surface area contributed by atoms with Crippen LogP contribution in [0.4, 0.5) is 0 Å². The van der Waals surface area contributed by atoms with Crippen molar-refractivity contribution in [3.63, 3.8) is 0 Å². The van der Waals surface area contributed by atoms with Gasteiger partial charge in [0.2, 0.25) is 0 Å². The first-order valence-electron chi connectivity index (χ1n) is 8.07. The summed E-state index contributed by atoms with van der Waals surface area (Å²) in [4.78, 5) is 0.905. The SMILES string of the molecule is OC(c1cccs1)C(/C=C/c1ccccc1)n1nnc2ccccc21. The van der Waals surface area contributed by atoms with Crippen LogP contribution in [0.25, 0.3) is 17.1 Å². The maximum absolute atomic E-state index is 10.9. The normalized spacial score (nSPS) is 14.1. The van der Waals surface area contributed by atoms with Gasteiger partial charge >= 0.3 is 0 Å². The van der Waals surface area contributed by atoms with Crippen LogP contribution in [0.15, 0.2) is 78.2 Å². The maximum Gasteiger partial charge on any atom is 0.114 e. The Labute approximate surface area is 149 Å². The van der Waals surface area contributed by atoms with Gasteiger partial charge in [0.15, 0.2) is 0 Å². The minimum absolute atomic E-state index is 0.341. The first kappa shape index (κ1) is 15.7. The molecule has 124 valence electrons. The molecule has 0 saturated heterocycles. The van der Waals surface area contributed by atoms with E-state index in [2.05, 4.69) is 10.3 Å². The monoisotopic (exact) mass is 347 g/mol. The number of aromatic nitrogens is 3. The van der Waals surface area contributed by atoms with E-state index in [-0.39, 0.29) is 6.04 Å². The summed E-state index contributed by atoms with van der Waals surface area (Å²) in [5.74, 6) is 0. The fraction of sp³-hybridized carbons (Fsp3) is 0.100. The molecule has 0 spiro atoms. The van der Waals surface area contributed by atoms with Crippen molar-refractivity contribution in [2.24, 2.45) is 0 Å². The molecule has 2 aromatic heterocycles. The van der Waals surface area contributed by atoms with E-state index in [1.54, 1.807) is 4.68 Å². The average Bonchev–Trinajstić information content (AvgIpc) is 3.33. The van der Waals surface area contributed by atoms with E-state index >= 15 is 0 Å². The molecule has 2 atom stereocenters. The molecule has 0 aliphatic heterocycles. The summed E-state index contributed by atoms with van der Waals surface area (Å²) in [6.07, 6.45) is 3.31. The van der Waals surface area contributed by atoms with Gasteiger partial charge in [-0.25, -0.2) is 4.68 Å². The number of benzene rings is 2. The Hall–Kier alpha value is -2.76. The van der Waals surface area contributed by atoms with Crippen LogP contribution in [0.5, 0.6) is 0 Å². The van der Waals surface area contributed by atoms with E-state index in [0.717, 1.165) is 21.5 Å². The molecule has 0 aliphatic carbocycles. The highest BCUT2D eigenvalue weighted by atomic mass is 32.1. The molecule has 2 unspecified atom stereocenters. The number of hydrogen-bond acceptors (Lipinski definition) is 4. The van der Waals surface area contributed by atoms with Crippen molar-refractivity contribution in [2.45, 2.75) is 12.1 Å². The summed E-state index contributed by atoms with van der Waals surface area (Å²) >= 11 is 1.54. The molecule has 4 rings (SSSR count). The Morgan fingerprint density at radius 3 is 2.56 bits per heavy atom. The summed E-state index contributed by atoms with van der Waals surface area (Å²) in [6, 6.07) is 21.4. The molecular formula is C20H17N3OS. The minimum atomic E-state index is -0.690. The van der Waals surface area contributed by atoms with Crippen molar-refractivity contribution in [3.8, 4) is 0 Å². The number of hydrogen-bond donors (Lipinski definition) is 1. The lowest BCUT2D eigenvalue weighted by atomic mass is 10.1. The molecule has 0 fully saturated rings. The van der Waals surface area contributed by atoms with Crippen molar-refractivity contribution < 1.29 is 5.11 Å². The molecule has 0 radical (unpaired) electrons. The summed E-state index contributed by atoms with van der Waals surface area (Å²) in [7, 11) is 0. The van der Waals surface area contributed by atoms with Crippen LogP contribution in [0, 0.1) is 0 Å². The van der Waals surface area contributed by atoms with Crippen molar-refractivity contribution >= 4 is 28.4 Å². The van der Waals surface area contributed by atoms with Gasteiger partial charge in [-0.3, -0.25) is 0 Å². The zero-order valence-corrected chi connectivity index (χ0v) is 14.3. The third kappa shape index (κ3) is 3.24. The molecule has 2 heterocycles. The zero-order valence-electron chi connectivity index (χ0n) is 13.4. The largest absolute Gasteiger partial charge is 0.385 e. The van der Waals surface area contributed by atoms with Gasteiger partial charge < -0.3 is 5.11 Å². The Morgan fingerprint density at radius 2 is 1.76 bits per heavy atom. The van der Waals surface area contributed by atoms with Gasteiger partial charge in [0.05, 0.1) is 5.52 Å². The number of rotatable bonds is 5. The lowest BCUT2D eigenvalue weighted by molar-refractivity contribution is 0.134. The third-order valence-electron chi connectivity index (χ3n) is 4.10. The minimum Gasteiger partial charge on any atom is -0.385 e. The average molecular weight is 347 g/mol. The number of thiophene rings is 1. The van der Waals surface area contributed by atoms with Gasteiger partial charge in [0, 0.05) is 4.88 Å². The van der Waals surface area contributed by atoms with Crippen molar-refractivity contribution in [2.75, 3.05) is 0 Å². The molecule has 0 amide bonds. The Morgan fingerprint density at radius 1 is 0.960 bits per heavy atom. The molecule has 4 aromatic rings. The van der Waals surface area contributed by atoms with Crippen LogP contribution < -0.4 is 0 Å². The van der Waals surface area contributed by atoms with Gasteiger partial charge in [-0.1, -0.05) is 65.9 Å². The Kier molecular flexibility index (Phi) is 4.41. The molecule has 0 aliphatic rings. The van der Waals surface area contributed by atoms with Gasteiger partial charge in [0.25, 0.3) is 0 Å². The van der Waals surface area contributed by atoms with E-state index in [0.29, 0.717) is 0 Å². The predicted molar refractivity (Wildman–Crippen MR) is 101 cm³/mol. The van der Waals surface area contributed by atoms with E-state index in [4.69, 9.17) is 0 Å². The molecule has 0 saturated carbocycles. The van der Waals surface area contributed by atoms with Crippen LogP contribution in [-0.4, -0.2) is 20.1 Å². The molecule has 5 heteroatoms. The molecular weight excluding hydrogens is 330 g/mol. The summed E-state index contributed by atoms with van der Waals surface area (Å²) in [6.45, 7) is 0. The first-order chi connectivity index (χ1) is 12.3. The molecule has 25 heavy (non-hydrogen) atoms. The number of para-hydroxylation sites is 1. The van der Waals surface area contributed by atoms with Crippen LogP contribution in [0.2, 0.25) is 0 Å². The van der Waals surface area contributed by atoms with E-state index < -0.39 is 6.10 Å². The van der Waals surface area contributed by atoms with E-state index in [9.17, 15) is 5.11 Å². The van der Waals surface area contributed by atoms with Crippen LogP contribution in [0.3, 0.4) is 0 Å². The van der Waals surface area contributed by atoms with Gasteiger partial charge in [-0.15, -0.1) is 16.4 Å². The van der Waals surface area contributed by atoms with Crippen LogP contribution in [-0.2, 0) is 0 Å². The van der Waals surface area contributed by atoms with E-state index in [1.165, 1.54) is 11.3 Å². The van der Waals surface area contributed by atoms with Crippen LogP contribution >= 0.6 is 11.3 Å². The Bertz CT molecular complexity index is 977. The number of nitrogens with zero attached hydrogens (tertiary/aromatic N) is 3. The molecule has 0 bridgehead atoms. The first-order valence-corrected chi connectivity index (χ1v) is 8.95. The predicted octanol–water partition coefficient (Wildman–Crippen LogP) is 4.48. The topological polar surface area (TPSA) is 50.9 Å². The van der Waals surface area contributed by atoms with Crippen LogP contribution in [0.1, 0.15) is 22.6 Å². The molecule has 1 N–H and O–H groups in total. The van der Waals surface area contributed by atoms with Gasteiger partial charge in [-0.2, -0.15) is 0 Å². The van der Waals surface area contributed by atoms with Gasteiger partial charge in [-0.05, 0) is 29.1 Å². The summed E-state index contributed by atoms with van der Waals surface area (Å²) in [5.41, 5.74) is 2.80. The fourth-order valence-electron chi connectivity index (χ4n) is 2.83. The highest BCUT2D eigenvalue weighted by Gasteiger charge is 2.24. The lowest BCUT2D eigenvalue weighted by Gasteiger charge is -2.19. The highest BCUT2D eigenvalue weighted by molar-refractivity contribution is 7.10. The quantitative estimate of drug-likeness (QED) is 0.579. The number of fused-ring (bicyclic) bond motifs is 1. The van der Waals surface area contributed by atoms with Crippen molar-refractivity contribution in [1.29, 1.82) is 0 Å². The van der Waals surface area contributed by atoms with Crippen molar-refractivity contribution in [1.82, 2.24) is 15.0 Å². The second-order valence-electron chi connectivity index (χ2n) is 5.74. The van der Waals surface area contributed by atoms with Crippen molar-refractivity contribution in [3.05, 3.63) is 88.6 Å². The summed E-state index contributed by atoms with van der Waals surface area (Å²) in [5, 5.41) is 21.4. The second kappa shape index (κ2) is 7.01. The molecule has 4 nitrogen and oxygen atoms in total. The third-order valence-corrected chi connectivity index (χ3v) is 5.05.